The molecule has 7 heteroatoms. The fourth-order valence-corrected chi connectivity index (χ4v) is 2.98. The van der Waals surface area contributed by atoms with Gasteiger partial charge in [-0.15, -0.1) is 0 Å². The summed E-state index contributed by atoms with van der Waals surface area (Å²) in [5.74, 6) is 0.745. The third-order valence-corrected chi connectivity index (χ3v) is 4.10. The van der Waals surface area contributed by atoms with Gasteiger partial charge in [0.15, 0.2) is 17.8 Å². The van der Waals surface area contributed by atoms with Crippen LogP contribution >= 0.6 is 0 Å². The third-order valence-electron chi connectivity index (χ3n) is 4.10. The van der Waals surface area contributed by atoms with Crippen molar-refractivity contribution in [2.45, 2.75) is 18.9 Å². The molecule has 7 nitrogen and oxygen atoms in total. The molecule has 4 heterocycles. The Morgan fingerprint density at radius 1 is 1.30 bits per heavy atom. The number of hydrogen-bond acceptors (Lipinski definition) is 5. The van der Waals surface area contributed by atoms with Crippen molar-refractivity contribution in [3.8, 4) is 11.5 Å². The van der Waals surface area contributed by atoms with Crippen LogP contribution in [0, 0.1) is 0 Å². The van der Waals surface area contributed by atoms with E-state index in [1.807, 2.05) is 16.9 Å². The summed E-state index contributed by atoms with van der Waals surface area (Å²) in [5.41, 5.74) is 0.293. The standard InChI is InChI=1S/C16H16N4O3/c21-16(14-15(23-11-17-14)13-5-2-9-22-13)19-7-1-4-12(10-19)20-8-3-6-18-20/h2-3,5-6,8-9,11-12H,1,4,7,10H2. The number of hydrogen-bond donors (Lipinski definition) is 0. The van der Waals surface area contributed by atoms with Gasteiger partial charge in [0.1, 0.15) is 0 Å². The molecule has 23 heavy (non-hydrogen) atoms. The SMILES string of the molecule is O=C(c1ncoc1-c1ccco1)N1CCCC(n2cccn2)C1. The zero-order chi connectivity index (χ0) is 15.6. The second-order valence-electron chi connectivity index (χ2n) is 5.54. The van der Waals surface area contributed by atoms with Gasteiger partial charge in [0.05, 0.1) is 12.3 Å². The number of aromatic nitrogens is 3. The third kappa shape index (κ3) is 2.54. The van der Waals surface area contributed by atoms with E-state index in [4.69, 9.17) is 8.83 Å². The molecule has 0 aromatic carbocycles. The van der Waals surface area contributed by atoms with Gasteiger partial charge >= 0.3 is 0 Å². The molecule has 1 fully saturated rings. The predicted molar refractivity (Wildman–Crippen MR) is 80.6 cm³/mol. The first-order chi connectivity index (χ1) is 11.3. The lowest BCUT2D eigenvalue weighted by Crippen LogP contribution is -2.41. The van der Waals surface area contributed by atoms with Crippen LogP contribution in [0.15, 0.2) is 52.1 Å². The van der Waals surface area contributed by atoms with Crippen LogP contribution in [0.25, 0.3) is 11.5 Å². The first-order valence-electron chi connectivity index (χ1n) is 7.58. The predicted octanol–water partition coefficient (Wildman–Crippen LogP) is 2.61. The Labute approximate surface area is 132 Å². The Hall–Kier alpha value is -2.83. The van der Waals surface area contributed by atoms with E-state index in [-0.39, 0.29) is 11.9 Å². The van der Waals surface area contributed by atoms with Gasteiger partial charge in [0, 0.05) is 25.5 Å². The van der Waals surface area contributed by atoms with Gasteiger partial charge in [-0.3, -0.25) is 9.48 Å². The van der Waals surface area contributed by atoms with Crippen LogP contribution in [0.2, 0.25) is 0 Å². The quantitative estimate of drug-likeness (QED) is 0.743. The minimum atomic E-state index is -0.137. The molecule has 3 aromatic heterocycles. The molecule has 0 saturated carbocycles. The van der Waals surface area contributed by atoms with Crippen molar-refractivity contribution >= 4 is 5.91 Å². The Bertz CT molecular complexity index is 776. The van der Waals surface area contributed by atoms with Crippen LogP contribution in [0.4, 0.5) is 0 Å². The Kier molecular flexibility index (Phi) is 3.45. The fraction of sp³-hybridized carbons (Fsp3) is 0.312. The molecule has 3 aromatic rings. The summed E-state index contributed by atoms with van der Waals surface area (Å²) in [7, 11) is 0. The van der Waals surface area contributed by atoms with Gasteiger partial charge in [-0.25, -0.2) is 4.98 Å². The number of likely N-dealkylation sites (tertiary alicyclic amines) is 1. The number of nitrogens with zero attached hydrogens (tertiary/aromatic N) is 4. The molecule has 0 radical (unpaired) electrons. The lowest BCUT2D eigenvalue weighted by Gasteiger charge is -2.32. The van der Waals surface area contributed by atoms with Crippen LogP contribution in [-0.2, 0) is 0 Å². The van der Waals surface area contributed by atoms with E-state index in [0.717, 1.165) is 12.8 Å². The van der Waals surface area contributed by atoms with Gasteiger partial charge in [0.2, 0.25) is 5.76 Å². The highest BCUT2D eigenvalue weighted by atomic mass is 16.4. The lowest BCUT2D eigenvalue weighted by atomic mass is 10.1. The Morgan fingerprint density at radius 2 is 2.26 bits per heavy atom. The fourth-order valence-electron chi connectivity index (χ4n) is 2.98. The van der Waals surface area contributed by atoms with Gasteiger partial charge in [0.25, 0.3) is 5.91 Å². The number of carbonyl (C=O) groups excluding carboxylic acids is 1. The van der Waals surface area contributed by atoms with Crippen LogP contribution in [-0.4, -0.2) is 38.7 Å². The normalized spacial score (nSPS) is 18.3. The summed E-state index contributed by atoms with van der Waals surface area (Å²) in [5, 5.41) is 4.28. The van der Waals surface area contributed by atoms with Crippen molar-refractivity contribution in [1.82, 2.24) is 19.7 Å². The number of amides is 1. The van der Waals surface area contributed by atoms with Crippen LogP contribution in [0.5, 0.6) is 0 Å². The Balaban J connectivity index is 1.56. The van der Waals surface area contributed by atoms with Crippen LogP contribution in [0.1, 0.15) is 29.4 Å². The monoisotopic (exact) mass is 312 g/mol. The molecule has 0 aliphatic carbocycles. The average Bonchev–Trinajstić information content (AvgIpc) is 3.35. The molecule has 1 aliphatic heterocycles. The summed E-state index contributed by atoms with van der Waals surface area (Å²) in [6.45, 7) is 1.33. The number of carbonyl (C=O) groups is 1. The maximum Gasteiger partial charge on any atom is 0.276 e. The molecule has 4 rings (SSSR count). The number of furan rings is 1. The highest BCUT2D eigenvalue weighted by Gasteiger charge is 2.29. The highest BCUT2D eigenvalue weighted by Crippen LogP contribution is 2.27. The number of piperidine rings is 1. The van der Waals surface area contributed by atoms with E-state index >= 15 is 0 Å². The molecule has 1 aliphatic rings. The first-order valence-corrected chi connectivity index (χ1v) is 7.58. The molecule has 0 bridgehead atoms. The first kappa shape index (κ1) is 13.8. The summed E-state index contributed by atoms with van der Waals surface area (Å²) < 4.78 is 12.6. The molecule has 1 unspecified atom stereocenters. The topological polar surface area (TPSA) is 77.3 Å². The molecule has 0 spiro atoms. The van der Waals surface area contributed by atoms with E-state index in [0.29, 0.717) is 30.3 Å². The van der Waals surface area contributed by atoms with Gasteiger partial charge in [-0.05, 0) is 31.0 Å². The number of oxazole rings is 1. The minimum absolute atomic E-state index is 0.137. The van der Waals surface area contributed by atoms with Crippen molar-refractivity contribution in [1.29, 1.82) is 0 Å². The van der Waals surface area contributed by atoms with E-state index < -0.39 is 0 Å². The average molecular weight is 312 g/mol. The molecule has 0 N–H and O–H groups in total. The second-order valence-corrected chi connectivity index (χ2v) is 5.54. The summed E-state index contributed by atoms with van der Waals surface area (Å²) in [6, 6.07) is 5.59. The molecule has 118 valence electrons. The molecule has 1 amide bonds. The van der Waals surface area contributed by atoms with Gasteiger partial charge < -0.3 is 13.7 Å². The van der Waals surface area contributed by atoms with Gasteiger partial charge in [-0.2, -0.15) is 5.10 Å². The number of rotatable bonds is 3. The molecule has 1 saturated heterocycles. The maximum atomic E-state index is 12.8. The molecular formula is C16H16N4O3. The highest BCUT2D eigenvalue weighted by molar-refractivity contribution is 5.97. The zero-order valence-corrected chi connectivity index (χ0v) is 12.5. The van der Waals surface area contributed by atoms with Crippen molar-refractivity contribution in [2.75, 3.05) is 13.1 Å². The largest absolute Gasteiger partial charge is 0.461 e. The summed E-state index contributed by atoms with van der Waals surface area (Å²) in [4.78, 5) is 18.7. The van der Waals surface area contributed by atoms with Crippen LogP contribution in [0.3, 0.4) is 0 Å². The smallest absolute Gasteiger partial charge is 0.276 e. The lowest BCUT2D eigenvalue weighted by molar-refractivity contribution is 0.0667. The van der Waals surface area contributed by atoms with E-state index in [2.05, 4.69) is 10.1 Å². The Morgan fingerprint density at radius 3 is 3.04 bits per heavy atom. The van der Waals surface area contributed by atoms with Crippen molar-refractivity contribution in [3.05, 3.63) is 48.9 Å². The van der Waals surface area contributed by atoms with Crippen molar-refractivity contribution in [3.63, 3.8) is 0 Å². The zero-order valence-electron chi connectivity index (χ0n) is 12.5. The van der Waals surface area contributed by atoms with E-state index in [1.54, 1.807) is 29.5 Å². The van der Waals surface area contributed by atoms with Crippen molar-refractivity contribution in [2.24, 2.45) is 0 Å². The molecular weight excluding hydrogens is 296 g/mol. The van der Waals surface area contributed by atoms with E-state index in [9.17, 15) is 4.79 Å². The minimum Gasteiger partial charge on any atom is -0.461 e. The summed E-state index contributed by atoms with van der Waals surface area (Å²) in [6.07, 6.45) is 8.46. The maximum absolute atomic E-state index is 12.8. The van der Waals surface area contributed by atoms with Gasteiger partial charge in [-0.1, -0.05) is 0 Å². The van der Waals surface area contributed by atoms with Crippen molar-refractivity contribution < 1.29 is 13.6 Å². The second kappa shape index (κ2) is 5.75. The van der Waals surface area contributed by atoms with Crippen LogP contribution < -0.4 is 0 Å². The molecule has 1 atom stereocenters. The van der Waals surface area contributed by atoms with E-state index in [1.165, 1.54) is 6.39 Å². The summed E-state index contributed by atoms with van der Waals surface area (Å²) >= 11 is 0.